The smallest absolute Gasteiger partial charge is 0.319 e. The van der Waals surface area contributed by atoms with E-state index in [4.69, 9.17) is 0 Å². The maximum absolute atomic E-state index is 12.0. The third-order valence-electron chi connectivity index (χ3n) is 3.52. The molecular weight excluding hydrogens is 294 g/mol. The van der Waals surface area contributed by atoms with Crippen molar-refractivity contribution >= 4 is 22.8 Å². The molecule has 0 aliphatic carbocycles. The molecule has 3 rings (SSSR count). The average molecular weight is 313 g/mol. The van der Waals surface area contributed by atoms with Crippen LogP contribution < -0.4 is 10.6 Å². The van der Waals surface area contributed by atoms with E-state index in [1.54, 1.807) is 13.2 Å². The van der Waals surface area contributed by atoms with E-state index < -0.39 is 0 Å². The van der Waals surface area contributed by atoms with Crippen molar-refractivity contribution < 1.29 is 4.79 Å². The van der Waals surface area contributed by atoms with Gasteiger partial charge in [-0.2, -0.15) is 15.0 Å². The number of imidazole rings is 1. The summed E-state index contributed by atoms with van der Waals surface area (Å²) in [4.78, 5) is 17.8. The second-order valence-electron chi connectivity index (χ2n) is 5.13. The summed E-state index contributed by atoms with van der Waals surface area (Å²) in [5, 5.41) is 14.1. The van der Waals surface area contributed by atoms with Gasteiger partial charge in [0.1, 0.15) is 16.9 Å². The monoisotopic (exact) mass is 313 g/mol. The maximum Gasteiger partial charge on any atom is 0.319 e. The minimum Gasteiger partial charge on any atom is -0.336 e. The Labute approximate surface area is 133 Å². The molecule has 0 fully saturated rings. The van der Waals surface area contributed by atoms with E-state index in [1.165, 1.54) is 4.80 Å². The Kier molecular flexibility index (Phi) is 4.22. The van der Waals surface area contributed by atoms with Crippen LogP contribution in [0.1, 0.15) is 12.7 Å². The van der Waals surface area contributed by atoms with E-state index in [-0.39, 0.29) is 6.03 Å². The van der Waals surface area contributed by atoms with E-state index in [0.29, 0.717) is 24.3 Å². The second-order valence-corrected chi connectivity index (χ2v) is 5.13. The van der Waals surface area contributed by atoms with Gasteiger partial charge in [0.2, 0.25) is 0 Å². The second kappa shape index (κ2) is 6.47. The summed E-state index contributed by atoms with van der Waals surface area (Å²) in [5.74, 6) is 1.01. The van der Waals surface area contributed by atoms with E-state index in [0.717, 1.165) is 17.8 Å². The molecule has 2 aromatic heterocycles. The zero-order valence-electron chi connectivity index (χ0n) is 13.2. The van der Waals surface area contributed by atoms with Gasteiger partial charge in [0.15, 0.2) is 0 Å². The fourth-order valence-corrected chi connectivity index (χ4v) is 2.46. The zero-order chi connectivity index (χ0) is 16.2. The predicted octanol–water partition coefficient (Wildman–Crippen LogP) is 1.55. The van der Waals surface area contributed by atoms with Crippen molar-refractivity contribution in [3.63, 3.8) is 0 Å². The van der Waals surface area contributed by atoms with Gasteiger partial charge in [0, 0.05) is 39.0 Å². The van der Waals surface area contributed by atoms with Crippen molar-refractivity contribution in [2.45, 2.75) is 19.9 Å². The Morgan fingerprint density at radius 2 is 2.17 bits per heavy atom. The number of fused-ring (bicyclic) bond motifs is 1. The molecule has 0 radical (unpaired) electrons. The minimum absolute atomic E-state index is 0.263. The highest BCUT2D eigenvalue weighted by molar-refractivity contribution is 5.98. The Hall–Kier alpha value is -2.90. The van der Waals surface area contributed by atoms with Gasteiger partial charge in [0.05, 0.1) is 5.69 Å². The summed E-state index contributed by atoms with van der Waals surface area (Å²) in [6, 6.07) is 5.24. The highest BCUT2D eigenvalue weighted by Crippen LogP contribution is 2.19. The van der Waals surface area contributed by atoms with Gasteiger partial charge >= 0.3 is 6.03 Å². The lowest BCUT2D eigenvalue weighted by atomic mass is 10.2. The molecule has 0 saturated heterocycles. The molecule has 23 heavy (non-hydrogen) atoms. The lowest BCUT2D eigenvalue weighted by molar-refractivity contribution is 0.251. The molecule has 120 valence electrons. The van der Waals surface area contributed by atoms with E-state index >= 15 is 0 Å². The van der Waals surface area contributed by atoms with Crippen LogP contribution >= 0.6 is 0 Å². The summed E-state index contributed by atoms with van der Waals surface area (Å²) < 4.78 is 2.03. The summed E-state index contributed by atoms with van der Waals surface area (Å²) in [7, 11) is 1.75. The molecule has 2 N–H and O–H groups in total. The third kappa shape index (κ3) is 3.31. The van der Waals surface area contributed by atoms with E-state index in [2.05, 4.69) is 32.7 Å². The molecule has 0 unspecified atom stereocenters. The van der Waals surface area contributed by atoms with Gasteiger partial charge < -0.3 is 15.2 Å². The molecule has 3 aromatic rings. The van der Waals surface area contributed by atoms with E-state index in [9.17, 15) is 4.79 Å². The first-order valence-corrected chi connectivity index (χ1v) is 7.52. The summed E-state index contributed by atoms with van der Waals surface area (Å²) in [5.41, 5.74) is 2.06. The number of anilines is 1. The Bertz CT molecular complexity index is 820. The highest BCUT2D eigenvalue weighted by Gasteiger charge is 2.09. The van der Waals surface area contributed by atoms with Crippen LogP contribution in [0.5, 0.6) is 0 Å². The maximum atomic E-state index is 12.0. The fourth-order valence-electron chi connectivity index (χ4n) is 2.46. The number of carbonyl (C=O) groups excluding carboxylic acids is 1. The van der Waals surface area contributed by atoms with Crippen molar-refractivity contribution in [3.05, 3.63) is 36.4 Å². The number of aryl methyl sites for hydroxylation is 2. The number of carbonyl (C=O) groups is 1. The fraction of sp³-hybridized carbons (Fsp3) is 0.333. The van der Waals surface area contributed by atoms with Gasteiger partial charge in [-0.15, -0.1) is 0 Å². The predicted molar refractivity (Wildman–Crippen MR) is 87.1 cm³/mol. The van der Waals surface area contributed by atoms with Crippen LogP contribution in [0.3, 0.4) is 0 Å². The molecule has 1 aromatic carbocycles. The first kappa shape index (κ1) is 15.0. The number of benzene rings is 1. The molecule has 2 heterocycles. The molecule has 0 bridgehead atoms. The number of nitrogens with zero attached hydrogens (tertiary/aromatic N) is 5. The van der Waals surface area contributed by atoms with Gasteiger partial charge in [0.25, 0.3) is 0 Å². The summed E-state index contributed by atoms with van der Waals surface area (Å²) in [6.45, 7) is 3.26. The molecule has 0 aliphatic heterocycles. The van der Waals surface area contributed by atoms with Crippen molar-refractivity contribution in [1.29, 1.82) is 0 Å². The topological polar surface area (TPSA) is 89.7 Å². The molecule has 0 spiro atoms. The van der Waals surface area contributed by atoms with Crippen molar-refractivity contribution in [2.24, 2.45) is 7.05 Å². The average Bonchev–Trinajstić information content (AvgIpc) is 3.13. The lowest BCUT2D eigenvalue weighted by Crippen LogP contribution is -2.31. The van der Waals surface area contributed by atoms with Gasteiger partial charge in [-0.3, -0.25) is 0 Å². The SMILES string of the molecule is CCc1nccn1CCNC(=O)Nc1cccc2nn(C)nc12. The highest BCUT2D eigenvalue weighted by atomic mass is 16.2. The first-order valence-electron chi connectivity index (χ1n) is 7.52. The van der Waals surface area contributed by atoms with Crippen LogP contribution in [0.4, 0.5) is 10.5 Å². The largest absolute Gasteiger partial charge is 0.336 e. The Balaban J connectivity index is 1.58. The van der Waals surface area contributed by atoms with Crippen LogP contribution in [0.25, 0.3) is 11.0 Å². The molecule has 0 atom stereocenters. The third-order valence-corrected chi connectivity index (χ3v) is 3.52. The number of rotatable bonds is 5. The molecule has 0 aliphatic rings. The molecule has 8 heteroatoms. The minimum atomic E-state index is -0.263. The van der Waals surface area contributed by atoms with Crippen molar-refractivity contribution in [2.75, 3.05) is 11.9 Å². The van der Waals surface area contributed by atoms with Crippen LogP contribution in [-0.4, -0.2) is 37.1 Å². The van der Waals surface area contributed by atoms with E-state index in [1.807, 2.05) is 29.0 Å². The zero-order valence-corrected chi connectivity index (χ0v) is 13.2. The van der Waals surface area contributed by atoms with Crippen molar-refractivity contribution in [3.8, 4) is 0 Å². The number of urea groups is 1. The Morgan fingerprint density at radius 1 is 1.30 bits per heavy atom. The van der Waals surface area contributed by atoms with Gasteiger partial charge in [-0.25, -0.2) is 9.78 Å². The number of hydrogen-bond acceptors (Lipinski definition) is 4. The summed E-state index contributed by atoms with van der Waals surface area (Å²) >= 11 is 0. The molecule has 8 nitrogen and oxygen atoms in total. The van der Waals surface area contributed by atoms with Gasteiger partial charge in [-0.1, -0.05) is 13.0 Å². The quantitative estimate of drug-likeness (QED) is 0.748. The number of aromatic nitrogens is 5. The van der Waals surface area contributed by atoms with Crippen LogP contribution in [0.2, 0.25) is 0 Å². The molecular formula is C15H19N7O. The number of nitrogens with one attached hydrogen (secondary N) is 2. The van der Waals surface area contributed by atoms with Crippen LogP contribution in [-0.2, 0) is 20.0 Å². The van der Waals surface area contributed by atoms with Crippen LogP contribution in [0, 0.1) is 0 Å². The molecule has 2 amide bonds. The Morgan fingerprint density at radius 3 is 3.00 bits per heavy atom. The first-order chi connectivity index (χ1) is 11.2. The normalized spacial score (nSPS) is 10.9. The summed E-state index contributed by atoms with van der Waals surface area (Å²) in [6.07, 6.45) is 4.56. The number of amides is 2. The standard InChI is InChI=1S/C15H19N7O/c1-3-13-16-7-9-22(13)10-8-17-15(23)18-11-5-4-6-12-14(11)20-21(2)19-12/h4-7,9H,3,8,10H2,1-2H3,(H2,17,18,23). The van der Waals surface area contributed by atoms with Crippen molar-refractivity contribution in [1.82, 2.24) is 29.9 Å². The lowest BCUT2D eigenvalue weighted by Gasteiger charge is -2.09. The molecule has 0 saturated carbocycles. The van der Waals surface area contributed by atoms with Gasteiger partial charge in [-0.05, 0) is 12.1 Å². The number of hydrogen-bond donors (Lipinski definition) is 2. The van der Waals surface area contributed by atoms with Crippen LogP contribution in [0.15, 0.2) is 30.6 Å².